The number of hydrogen-bond acceptors (Lipinski definition) is 5. The minimum absolute atomic E-state index is 0.101. The first-order chi connectivity index (χ1) is 13.3. The van der Waals surface area contributed by atoms with Crippen molar-refractivity contribution in [2.75, 3.05) is 18.4 Å². The molecule has 0 radical (unpaired) electrons. The molecule has 2 amide bonds. The Morgan fingerprint density at radius 3 is 2.68 bits per heavy atom. The second kappa shape index (κ2) is 8.42. The summed E-state index contributed by atoms with van der Waals surface area (Å²) < 4.78 is 27.2. The first-order valence-corrected chi connectivity index (χ1v) is 11.3. The fourth-order valence-electron chi connectivity index (χ4n) is 3.28. The van der Waals surface area contributed by atoms with Crippen molar-refractivity contribution < 1.29 is 18.0 Å². The molecule has 2 N–H and O–H groups in total. The van der Waals surface area contributed by atoms with Crippen LogP contribution in [-0.4, -0.2) is 43.7 Å². The second-order valence-electron chi connectivity index (χ2n) is 6.83. The van der Waals surface area contributed by atoms with E-state index in [9.17, 15) is 18.0 Å². The summed E-state index contributed by atoms with van der Waals surface area (Å²) >= 11 is 1.17. The van der Waals surface area contributed by atoms with E-state index >= 15 is 0 Å². The molecule has 7 nitrogen and oxygen atoms in total. The molecule has 1 aromatic carbocycles. The third-order valence-corrected chi connectivity index (χ3v) is 8.04. The average Bonchev–Trinajstić information content (AvgIpc) is 3.34. The van der Waals surface area contributed by atoms with Crippen LogP contribution in [0.25, 0.3) is 0 Å². The summed E-state index contributed by atoms with van der Waals surface area (Å²) in [4.78, 5) is 24.3. The molecule has 0 spiro atoms. The molecular formula is C19H23N3O4S2. The van der Waals surface area contributed by atoms with Crippen molar-refractivity contribution in [3.8, 4) is 0 Å². The minimum Gasteiger partial charge on any atom is -0.346 e. The van der Waals surface area contributed by atoms with Gasteiger partial charge in [-0.3, -0.25) is 9.59 Å². The van der Waals surface area contributed by atoms with Crippen molar-refractivity contribution in [3.63, 3.8) is 0 Å². The summed E-state index contributed by atoms with van der Waals surface area (Å²) in [5.74, 6) is -1.54. The van der Waals surface area contributed by atoms with Crippen molar-refractivity contribution in [1.82, 2.24) is 9.62 Å². The summed E-state index contributed by atoms with van der Waals surface area (Å²) in [5, 5.41) is 6.88. The normalized spacial score (nSPS) is 17.4. The molecule has 0 bridgehead atoms. The van der Waals surface area contributed by atoms with Crippen LogP contribution in [0, 0.1) is 13.8 Å². The molecule has 3 rings (SSSR count). The number of sulfonamides is 1. The number of hydrogen-bond donors (Lipinski definition) is 2. The number of nitrogens with zero attached hydrogens (tertiary/aromatic N) is 1. The number of anilines is 1. The average molecular weight is 422 g/mol. The first-order valence-electron chi connectivity index (χ1n) is 9.01. The van der Waals surface area contributed by atoms with E-state index in [-0.39, 0.29) is 12.6 Å². The fourth-order valence-corrected chi connectivity index (χ4v) is 6.09. The summed E-state index contributed by atoms with van der Waals surface area (Å²) in [5.41, 5.74) is 2.51. The zero-order valence-corrected chi connectivity index (χ0v) is 17.4. The number of carbonyl (C=O) groups is 2. The lowest BCUT2D eigenvalue weighted by atomic mass is 10.1. The van der Waals surface area contributed by atoms with Crippen molar-refractivity contribution in [2.24, 2.45) is 0 Å². The molecule has 1 atom stereocenters. The Balaban J connectivity index is 1.59. The third kappa shape index (κ3) is 4.43. The number of rotatable bonds is 5. The highest BCUT2D eigenvalue weighted by Gasteiger charge is 2.36. The zero-order chi connectivity index (χ0) is 20.3. The van der Waals surface area contributed by atoms with Gasteiger partial charge >= 0.3 is 11.8 Å². The Morgan fingerprint density at radius 2 is 2.00 bits per heavy atom. The Bertz CT molecular complexity index is 971. The molecule has 2 aromatic rings. The van der Waals surface area contributed by atoms with Crippen LogP contribution in [0.5, 0.6) is 0 Å². The van der Waals surface area contributed by atoms with Gasteiger partial charge in [-0.1, -0.05) is 23.8 Å². The van der Waals surface area contributed by atoms with E-state index in [0.29, 0.717) is 22.9 Å². The van der Waals surface area contributed by atoms with E-state index < -0.39 is 21.8 Å². The minimum atomic E-state index is -3.57. The third-order valence-electron chi connectivity index (χ3n) is 4.72. The molecular weight excluding hydrogens is 398 g/mol. The predicted octanol–water partition coefficient (Wildman–Crippen LogP) is 2.27. The van der Waals surface area contributed by atoms with E-state index in [1.165, 1.54) is 15.6 Å². The van der Waals surface area contributed by atoms with Gasteiger partial charge in [0.15, 0.2) is 0 Å². The van der Waals surface area contributed by atoms with Crippen LogP contribution >= 0.6 is 11.3 Å². The Morgan fingerprint density at radius 1 is 1.21 bits per heavy atom. The van der Waals surface area contributed by atoms with Crippen LogP contribution in [0.3, 0.4) is 0 Å². The van der Waals surface area contributed by atoms with Gasteiger partial charge < -0.3 is 10.6 Å². The summed E-state index contributed by atoms with van der Waals surface area (Å²) in [6.07, 6.45) is 1.36. The number of amides is 2. The Kier molecular flexibility index (Phi) is 6.17. The molecule has 9 heteroatoms. The lowest BCUT2D eigenvalue weighted by Crippen LogP contribution is -2.45. The van der Waals surface area contributed by atoms with Gasteiger partial charge in [0.25, 0.3) is 10.0 Å². The molecule has 1 aliphatic heterocycles. The highest BCUT2D eigenvalue weighted by Crippen LogP contribution is 2.28. The highest BCUT2D eigenvalue weighted by atomic mass is 32.2. The van der Waals surface area contributed by atoms with Crippen LogP contribution in [0.4, 0.5) is 5.69 Å². The van der Waals surface area contributed by atoms with E-state index in [2.05, 4.69) is 10.6 Å². The molecule has 1 saturated heterocycles. The van der Waals surface area contributed by atoms with Gasteiger partial charge in [-0.05, 0) is 49.8 Å². The quantitative estimate of drug-likeness (QED) is 0.724. The maximum atomic E-state index is 12.7. The molecule has 2 heterocycles. The molecule has 0 aliphatic carbocycles. The number of carbonyl (C=O) groups excluding carboxylic acids is 2. The van der Waals surface area contributed by atoms with Gasteiger partial charge in [-0.15, -0.1) is 11.3 Å². The van der Waals surface area contributed by atoms with Gasteiger partial charge in [0.2, 0.25) is 0 Å². The van der Waals surface area contributed by atoms with E-state index in [1.807, 2.05) is 26.0 Å². The van der Waals surface area contributed by atoms with E-state index in [1.54, 1.807) is 23.6 Å². The maximum absolute atomic E-state index is 12.7. The highest BCUT2D eigenvalue weighted by molar-refractivity contribution is 7.91. The molecule has 1 aromatic heterocycles. The molecule has 1 fully saturated rings. The number of aryl methyl sites for hydroxylation is 2. The van der Waals surface area contributed by atoms with Crippen LogP contribution in [-0.2, 0) is 19.6 Å². The van der Waals surface area contributed by atoms with E-state index in [4.69, 9.17) is 0 Å². The lowest BCUT2D eigenvalue weighted by Gasteiger charge is -2.23. The van der Waals surface area contributed by atoms with Crippen molar-refractivity contribution >= 4 is 38.9 Å². The van der Waals surface area contributed by atoms with Gasteiger partial charge in [0.1, 0.15) is 4.21 Å². The molecule has 28 heavy (non-hydrogen) atoms. The number of nitrogens with one attached hydrogen (secondary N) is 2. The van der Waals surface area contributed by atoms with Crippen molar-refractivity contribution in [3.05, 3.63) is 46.8 Å². The van der Waals surface area contributed by atoms with Crippen LogP contribution < -0.4 is 10.6 Å². The topological polar surface area (TPSA) is 95.6 Å². The lowest BCUT2D eigenvalue weighted by molar-refractivity contribution is -0.136. The van der Waals surface area contributed by atoms with E-state index in [0.717, 1.165) is 17.5 Å². The van der Waals surface area contributed by atoms with Crippen LogP contribution in [0.1, 0.15) is 24.0 Å². The standard InChI is InChI=1S/C19H23N3O4S2/c1-13-7-8-16(14(2)11-13)21-19(24)18(23)20-12-15-5-3-9-22(15)28(25,26)17-6-4-10-27-17/h4,6-8,10-11,15H,3,5,9,12H2,1-2H3,(H,20,23)(H,21,24)/t15-/m0/s1. The largest absolute Gasteiger partial charge is 0.346 e. The number of benzene rings is 1. The molecule has 0 saturated carbocycles. The smallest absolute Gasteiger partial charge is 0.313 e. The molecule has 150 valence electrons. The summed E-state index contributed by atoms with van der Waals surface area (Å²) in [7, 11) is -3.57. The van der Waals surface area contributed by atoms with Gasteiger partial charge in [0.05, 0.1) is 0 Å². The predicted molar refractivity (Wildman–Crippen MR) is 109 cm³/mol. The summed E-state index contributed by atoms with van der Waals surface area (Å²) in [6, 6.07) is 8.44. The zero-order valence-electron chi connectivity index (χ0n) is 15.8. The van der Waals surface area contributed by atoms with Gasteiger partial charge in [-0.2, -0.15) is 4.31 Å². The van der Waals surface area contributed by atoms with Crippen LogP contribution in [0.15, 0.2) is 39.9 Å². The summed E-state index contributed by atoms with van der Waals surface area (Å²) in [6.45, 7) is 4.31. The van der Waals surface area contributed by atoms with Crippen LogP contribution in [0.2, 0.25) is 0 Å². The van der Waals surface area contributed by atoms with Gasteiger partial charge in [-0.25, -0.2) is 8.42 Å². The Hall–Kier alpha value is -2.23. The fraction of sp³-hybridized carbons (Fsp3) is 0.368. The monoisotopic (exact) mass is 421 g/mol. The van der Waals surface area contributed by atoms with Crippen molar-refractivity contribution in [1.29, 1.82) is 0 Å². The Labute approximate surface area is 168 Å². The maximum Gasteiger partial charge on any atom is 0.313 e. The first kappa shape index (κ1) is 20.5. The second-order valence-corrected chi connectivity index (χ2v) is 9.89. The van der Waals surface area contributed by atoms with Gasteiger partial charge in [0, 0.05) is 24.8 Å². The number of thiophene rings is 1. The molecule has 0 unspecified atom stereocenters. The van der Waals surface area contributed by atoms with Crippen molar-refractivity contribution in [2.45, 2.75) is 36.9 Å². The molecule has 1 aliphatic rings. The SMILES string of the molecule is Cc1ccc(NC(=O)C(=O)NC[C@@H]2CCCN2S(=O)(=O)c2cccs2)c(C)c1.